The Bertz CT molecular complexity index is 1550. The monoisotopic (exact) mass is 521 g/mol. The number of carbonyl (C=O) groups is 1. The summed E-state index contributed by atoms with van der Waals surface area (Å²) >= 11 is 0. The number of hydrogen-bond donors (Lipinski definition) is 3. The van der Waals surface area contributed by atoms with Crippen molar-refractivity contribution >= 4 is 54.8 Å². The quantitative estimate of drug-likeness (QED) is 0.212. The van der Waals surface area contributed by atoms with Gasteiger partial charge >= 0.3 is 0 Å². The number of rotatable bonds is 10. The van der Waals surface area contributed by atoms with Crippen LogP contribution in [-0.4, -0.2) is 64.8 Å². The van der Waals surface area contributed by atoms with Crippen molar-refractivity contribution in [1.82, 2.24) is 15.2 Å². The van der Waals surface area contributed by atoms with E-state index in [1.807, 2.05) is 50.5 Å². The standard InChI is InChI=1S/C27H31N5O4S/c1-32(2)16-8-15-28-27(33)21-11-7-10-20-25(19-9-5-6-12-22(19)29-26(20)21)30-23-14-13-18(17-24(23)36-3)31-37(4,34)35/h5-7,9-14,17,31H,8,15-16H2,1-4H3,(H,28,33)(H,29,30). The van der Waals surface area contributed by atoms with E-state index < -0.39 is 10.0 Å². The number of amides is 1. The average Bonchev–Trinajstić information content (AvgIpc) is 2.85. The van der Waals surface area contributed by atoms with Gasteiger partial charge in [0.1, 0.15) is 5.75 Å². The Morgan fingerprint density at radius 2 is 1.78 bits per heavy atom. The predicted octanol–water partition coefficient (Wildman–Crippen LogP) is 4.19. The van der Waals surface area contributed by atoms with Crippen LogP contribution in [-0.2, 0) is 10.0 Å². The topological polar surface area (TPSA) is 113 Å². The molecule has 0 saturated carbocycles. The number of nitrogens with zero attached hydrogens (tertiary/aromatic N) is 2. The molecule has 10 heteroatoms. The van der Waals surface area contributed by atoms with Gasteiger partial charge in [-0.2, -0.15) is 0 Å². The lowest BCUT2D eigenvalue weighted by atomic mass is 10.0. The third kappa shape index (κ3) is 6.28. The number of anilines is 3. The largest absolute Gasteiger partial charge is 0.494 e. The van der Waals surface area contributed by atoms with Crippen molar-refractivity contribution in [3.8, 4) is 5.75 Å². The van der Waals surface area contributed by atoms with Crippen molar-refractivity contribution in [1.29, 1.82) is 0 Å². The molecule has 9 nitrogen and oxygen atoms in total. The van der Waals surface area contributed by atoms with E-state index in [-0.39, 0.29) is 5.91 Å². The molecule has 0 bridgehead atoms. The Balaban J connectivity index is 1.77. The lowest BCUT2D eigenvalue weighted by Crippen LogP contribution is -2.27. The Morgan fingerprint density at radius 3 is 2.51 bits per heavy atom. The van der Waals surface area contributed by atoms with Crippen LogP contribution in [0.3, 0.4) is 0 Å². The number of hydrogen-bond acceptors (Lipinski definition) is 7. The lowest BCUT2D eigenvalue weighted by Gasteiger charge is -2.17. The zero-order chi connectivity index (χ0) is 26.6. The van der Waals surface area contributed by atoms with E-state index in [1.165, 1.54) is 7.11 Å². The van der Waals surface area contributed by atoms with Crippen LogP contribution in [0.25, 0.3) is 21.8 Å². The second-order valence-corrected chi connectivity index (χ2v) is 10.8. The maximum Gasteiger partial charge on any atom is 0.253 e. The van der Waals surface area contributed by atoms with Gasteiger partial charge in [-0.15, -0.1) is 0 Å². The minimum absolute atomic E-state index is 0.174. The number of nitrogens with one attached hydrogen (secondary N) is 3. The normalized spacial score (nSPS) is 11.6. The number of benzene rings is 3. The van der Waals surface area contributed by atoms with Crippen LogP contribution >= 0.6 is 0 Å². The fraction of sp³-hybridized carbons (Fsp3) is 0.259. The highest BCUT2D eigenvalue weighted by Gasteiger charge is 2.17. The van der Waals surface area contributed by atoms with Crippen molar-refractivity contribution in [2.45, 2.75) is 6.42 Å². The highest BCUT2D eigenvalue weighted by atomic mass is 32.2. The van der Waals surface area contributed by atoms with Gasteiger partial charge in [-0.05, 0) is 51.3 Å². The lowest BCUT2D eigenvalue weighted by molar-refractivity contribution is 0.0954. The Kier molecular flexibility index (Phi) is 7.80. The molecule has 3 aromatic carbocycles. The molecule has 0 radical (unpaired) electrons. The summed E-state index contributed by atoms with van der Waals surface area (Å²) in [5, 5.41) is 8.11. The van der Waals surface area contributed by atoms with Gasteiger partial charge in [0.05, 0.1) is 47.0 Å². The summed E-state index contributed by atoms with van der Waals surface area (Å²) in [6.45, 7) is 1.45. The van der Waals surface area contributed by atoms with E-state index in [0.29, 0.717) is 34.7 Å². The van der Waals surface area contributed by atoms with Gasteiger partial charge in [-0.25, -0.2) is 13.4 Å². The zero-order valence-electron chi connectivity index (χ0n) is 21.3. The summed E-state index contributed by atoms with van der Waals surface area (Å²) in [6, 6.07) is 18.3. The van der Waals surface area contributed by atoms with Crippen LogP contribution in [0.5, 0.6) is 5.75 Å². The van der Waals surface area contributed by atoms with E-state index >= 15 is 0 Å². The number of ether oxygens (including phenoxy) is 1. The second-order valence-electron chi connectivity index (χ2n) is 9.03. The van der Waals surface area contributed by atoms with Crippen molar-refractivity contribution in [3.63, 3.8) is 0 Å². The molecule has 0 aliphatic rings. The van der Waals surface area contributed by atoms with Gasteiger partial charge < -0.3 is 20.3 Å². The number of methoxy groups -OCH3 is 1. The van der Waals surface area contributed by atoms with Crippen molar-refractivity contribution in [2.75, 3.05) is 50.6 Å². The molecule has 37 heavy (non-hydrogen) atoms. The van der Waals surface area contributed by atoms with E-state index in [2.05, 4.69) is 20.3 Å². The molecule has 0 spiro atoms. The molecule has 3 N–H and O–H groups in total. The summed E-state index contributed by atoms with van der Waals surface area (Å²) in [5.74, 6) is 0.282. The highest BCUT2D eigenvalue weighted by Crippen LogP contribution is 2.38. The predicted molar refractivity (Wildman–Crippen MR) is 149 cm³/mol. The van der Waals surface area contributed by atoms with Crippen molar-refractivity contribution < 1.29 is 17.9 Å². The number of sulfonamides is 1. The molecule has 0 aliphatic heterocycles. The summed E-state index contributed by atoms with van der Waals surface area (Å²) in [6.07, 6.45) is 1.94. The van der Waals surface area contributed by atoms with E-state index in [4.69, 9.17) is 9.72 Å². The zero-order valence-corrected chi connectivity index (χ0v) is 22.1. The fourth-order valence-corrected chi connectivity index (χ4v) is 4.69. The Morgan fingerprint density at radius 1 is 1.03 bits per heavy atom. The molecular formula is C27H31N5O4S. The number of para-hydroxylation sites is 2. The Labute approximate surface area is 216 Å². The van der Waals surface area contributed by atoms with Gasteiger partial charge in [0.25, 0.3) is 5.91 Å². The van der Waals surface area contributed by atoms with Gasteiger partial charge in [0.15, 0.2) is 0 Å². The molecule has 1 heterocycles. The van der Waals surface area contributed by atoms with Crippen molar-refractivity contribution in [2.24, 2.45) is 0 Å². The molecule has 0 saturated heterocycles. The third-order valence-corrected chi connectivity index (χ3v) is 6.39. The molecule has 4 aromatic rings. The van der Waals surface area contributed by atoms with Crippen LogP contribution in [0.4, 0.5) is 17.1 Å². The van der Waals surface area contributed by atoms with Gasteiger partial charge in [0, 0.05) is 23.4 Å². The second kappa shape index (κ2) is 11.0. The van der Waals surface area contributed by atoms with Gasteiger partial charge in [-0.1, -0.05) is 30.3 Å². The number of pyridine rings is 1. The molecular weight excluding hydrogens is 490 g/mol. The van der Waals surface area contributed by atoms with Crippen molar-refractivity contribution in [3.05, 3.63) is 66.2 Å². The number of carbonyl (C=O) groups excluding carboxylic acids is 1. The highest BCUT2D eigenvalue weighted by molar-refractivity contribution is 7.92. The minimum atomic E-state index is -3.43. The maximum absolute atomic E-state index is 13.1. The number of aromatic nitrogens is 1. The Hall–Kier alpha value is -3.89. The number of fused-ring (bicyclic) bond motifs is 2. The van der Waals surface area contributed by atoms with Gasteiger partial charge in [0.2, 0.25) is 10.0 Å². The van der Waals surface area contributed by atoms with Gasteiger partial charge in [-0.3, -0.25) is 9.52 Å². The molecule has 1 amide bonds. The van der Waals surface area contributed by atoms with E-state index in [1.54, 1.807) is 24.3 Å². The molecule has 4 rings (SSSR count). The summed E-state index contributed by atoms with van der Waals surface area (Å²) < 4.78 is 31.3. The van der Waals surface area contributed by atoms with Crippen LogP contribution in [0.1, 0.15) is 16.8 Å². The molecule has 0 atom stereocenters. The first kappa shape index (κ1) is 26.2. The molecule has 1 aromatic heterocycles. The van der Waals surface area contributed by atoms with E-state index in [9.17, 15) is 13.2 Å². The summed E-state index contributed by atoms with van der Waals surface area (Å²) in [7, 11) is 2.09. The first-order valence-corrected chi connectivity index (χ1v) is 13.7. The summed E-state index contributed by atoms with van der Waals surface area (Å²) in [5.41, 5.74) is 3.61. The van der Waals surface area contributed by atoms with Crippen LogP contribution < -0.4 is 20.1 Å². The molecule has 0 fully saturated rings. The maximum atomic E-state index is 13.1. The third-order valence-electron chi connectivity index (χ3n) is 5.79. The van der Waals surface area contributed by atoms with Crippen LogP contribution in [0, 0.1) is 0 Å². The first-order valence-electron chi connectivity index (χ1n) is 11.8. The van der Waals surface area contributed by atoms with Crippen LogP contribution in [0.15, 0.2) is 60.7 Å². The molecule has 0 aliphatic carbocycles. The average molecular weight is 522 g/mol. The molecule has 0 unspecified atom stereocenters. The first-order chi connectivity index (χ1) is 17.7. The smallest absolute Gasteiger partial charge is 0.253 e. The minimum Gasteiger partial charge on any atom is -0.494 e. The SMILES string of the molecule is COc1cc(NS(C)(=O)=O)ccc1Nc1c2ccccc2nc2c(C(=O)NCCCN(C)C)cccc12. The molecule has 194 valence electrons. The summed E-state index contributed by atoms with van der Waals surface area (Å²) in [4.78, 5) is 20.0. The van der Waals surface area contributed by atoms with E-state index in [0.717, 1.165) is 41.2 Å². The van der Waals surface area contributed by atoms with Crippen LogP contribution in [0.2, 0.25) is 0 Å². The fourth-order valence-electron chi connectivity index (χ4n) is 4.13.